The predicted octanol–water partition coefficient (Wildman–Crippen LogP) is 6.65. The van der Waals surface area contributed by atoms with Gasteiger partial charge in [0.05, 0.1) is 6.54 Å². The molecular formula is C30H28F4N4O. The molecule has 202 valence electrons. The number of carbonyl (C=O) groups is 1. The fourth-order valence-corrected chi connectivity index (χ4v) is 5.08. The van der Waals surface area contributed by atoms with Crippen LogP contribution in [-0.4, -0.2) is 19.9 Å². The van der Waals surface area contributed by atoms with E-state index in [2.05, 4.69) is 4.98 Å². The highest BCUT2D eigenvalue weighted by molar-refractivity contribution is 5.98. The third kappa shape index (κ3) is 5.72. The standard InChI is InChI=1S/C30H28F4N4O/c1-18-12-21(7-8-26(18)31)25(20-5-6-20)16-27(39)23-14-19(17-38-11-10-37(2)29(38)35)13-22(15-23)24-4-3-9-36-28(24)30(32,33)34/h3-4,7-15,20,25,35H,5-6,16-17H2,1-2H3/t25-/m0/s1. The highest BCUT2D eigenvalue weighted by Crippen LogP contribution is 2.45. The van der Waals surface area contributed by atoms with E-state index in [4.69, 9.17) is 5.41 Å². The summed E-state index contributed by atoms with van der Waals surface area (Å²) in [5.74, 6) is -0.293. The van der Waals surface area contributed by atoms with Crippen LogP contribution in [-0.2, 0) is 19.8 Å². The lowest BCUT2D eigenvalue weighted by molar-refractivity contribution is -0.140. The summed E-state index contributed by atoms with van der Waals surface area (Å²) >= 11 is 0. The molecule has 1 fully saturated rings. The predicted molar refractivity (Wildman–Crippen MR) is 139 cm³/mol. The van der Waals surface area contributed by atoms with Crippen molar-refractivity contribution in [3.63, 3.8) is 0 Å². The Balaban J connectivity index is 1.56. The highest BCUT2D eigenvalue weighted by Gasteiger charge is 2.36. The molecule has 5 rings (SSSR count). The zero-order chi connectivity index (χ0) is 27.9. The van der Waals surface area contributed by atoms with Crippen molar-refractivity contribution in [2.75, 3.05) is 0 Å². The second-order valence-corrected chi connectivity index (χ2v) is 10.3. The molecule has 0 amide bonds. The number of benzene rings is 2. The van der Waals surface area contributed by atoms with Crippen molar-refractivity contribution in [1.29, 1.82) is 5.41 Å². The summed E-state index contributed by atoms with van der Waals surface area (Å²) in [6, 6.07) is 12.5. The Labute approximate surface area is 223 Å². The van der Waals surface area contributed by atoms with Crippen molar-refractivity contribution in [3.8, 4) is 11.1 Å². The van der Waals surface area contributed by atoms with E-state index in [9.17, 15) is 22.4 Å². The van der Waals surface area contributed by atoms with Gasteiger partial charge in [0.1, 0.15) is 5.82 Å². The van der Waals surface area contributed by atoms with Gasteiger partial charge >= 0.3 is 6.18 Å². The second-order valence-electron chi connectivity index (χ2n) is 10.3. The molecular weight excluding hydrogens is 508 g/mol. The van der Waals surface area contributed by atoms with Gasteiger partial charge in [-0.05, 0) is 84.2 Å². The molecule has 9 heteroatoms. The molecule has 1 saturated carbocycles. The Bertz CT molecular complexity index is 1600. The van der Waals surface area contributed by atoms with Crippen molar-refractivity contribution in [1.82, 2.24) is 14.1 Å². The van der Waals surface area contributed by atoms with Gasteiger partial charge in [0, 0.05) is 43.2 Å². The summed E-state index contributed by atoms with van der Waals surface area (Å²) in [7, 11) is 1.73. The van der Waals surface area contributed by atoms with E-state index >= 15 is 0 Å². The number of aryl methyl sites for hydroxylation is 2. The number of hydrogen-bond donors (Lipinski definition) is 1. The largest absolute Gasteiger partial charge is 0.433 e. The first-order valence-corrected chi connectivity index (χ1v) is 12.7. The third-order valence-corrected chi connectivity index (χ3v) is 7.34. The lowest BCUT2D eigenvalue weighted by Gasteiger charge is -2.18. The van der Waals surface area contributed by atoms with E-state index in [0.29, 0.717) is 22.6 Å². The number of alkyl halides is 3. The summed E-state index contributed by atoms with van der Waals surface area (Å²) in [5.41, 5.74) is 1.62. The van der Waals surface area contributed by atoms with Crippen LogP contribution in [0.15, 0.2) is 67.1 Å². The summed E-state index contributed by atoms with van der Waals surface area (Å²) in [6.45, 7) is 1.90. The Morgan fingerprint density at radius 1 is 1.13 bits per heavy atom. The minimum atomic E-state index is -4.67. The van der Waals surface area contributed by atoms with Crippen molar-refractivity contribution in [3.05, 3.63) is 107 Å². The number of rotatable bonds is 8. The first-order valence-electron chi connectivity index (χ1n) is 12.7. The van der Waals surface area contributed by atoms with Gasteiger partial charge < -0.3 is 9.13 Å². The van der Waals surface area contributed by atoms with Gasteiger partial charge in [-0.2, -0.15) is 13.2 Å². The lowest BCUT2D eigenvalue weighted by Crippen LogP contribution is -2.22. The maximum atomic E-state index is 13.9. The number of aromatic nitrogens is 3. The van der Waals surface area contributed by atoms with Crippen LogP contribution in [0.1, 0.15) is 57.9 Å². The van der Waals surface area contributed by atoms with E-state index < -0.39 is 11.9 Å². The van der Waals surface area contributed by atoms with Crippen LogP contribution >= 0.6 is 0 Å². The van der Waals surface area contributed by atoms with E-state index in [-0.39, 0.29) is 47.2 Å². The molecule has 0 unspecified atom stereocenters. The molecule has 0 radical (unpaired) electrons. The maximum Gasteiger partial charge on any atom is 0.433 e. The third-order valence-electron chi connectivity index (χ3n) is 7.34. The maximum absolute atomic E-state index is 13.9. The van der Waals surface area contributed by atoms with Crippen LogP contribution in [0.3, 0.4) is 0 Å². The lowest BCUT2D eigenvalue weighted by atomic mass is 9.86. The summed E-state index contributed by atoms with van der Waals surface area (Å²) in [6.07, 6.45) is 1.96. The average molecular weight is 537 g/mol. The van der Waals surface area contributed by atoms with Gasteiger partial charge in [0.2, 0.25) is 5.62 Å². The van der Waals surface area contributed by atoms with Gasteiger partial charge in [-0.3, -0.25) is 15.2 Å². The number of ketones is 1. The molecule has 39 heavy (non-hydrogen) atoms. The number of pyridine rings is 1. The van der Waals surface area contributed by atoms with Crippen molar-refractivity contribution in [2.24, 2.45) is 13.0 Å². The summed E-state index contributed by atoms with van der Waals surface area (Å²) in [4.78, 5) is 17.3. The Morgan fingerprint density at radius 2 is 1.90 bits per heavy atom. The normalized spacial score (nSPS) is 14.4. The molecule has 0 bridgehead atoms. The quantitative estimate of drug-likeness (QED) is 0.202. The first kappa shape index (κ1) is 26.6. The highest BCUT2D eigenvalue weighted by atomic mass is 19.4. The zero-order valence-electron chi connectivity index (χ0n) is 21.6. The molecule has 2 heterocycles. The molecule has 5 nitrogen and oxygen atoms in total. The SMILES string of the molecule is Cc1cc([C@@H](CC(=O)c2cc(Cn3ccn(C)c3=N)cc(-c3cccnc3C(F)(F)F)c2)C2CC2)ccc1F. The van der Waals surface area contributed by atoms with E-state index in [0.717, 1.165) is 24.6 Å². The Morgan fingerprint density at radius 3 is 2.54 bits per heavy atom. The minimum absolute atomic E-state index is 0.101. The van der Waals surface area contributed by atoms with Crippen LogP contribution in [0.25, 0.3) is 11.1 Å². The molecule has 1 aliphatic rings. The molecule has 1 atom stereocenters. The molecule has 0 spiro atoms. The van der Waals surface area contributed by atoms with E-state index in [1.54, 1.807) is 59.8 Å². The zero-order valence-corrected chi connectivity index (χ0v) is 21.6. The first-order chi connectivity index (χ1) is 18.5. The van der Waals surface area contributed by atoms with Gasteiger partial charge in [-0.25, -0.2) is 4.39 Å². The van der Waals surface area contributed by atoms with Crippen LogP contribution in [0.2, 0.25) is 0 Å². The number of halogens is 4. The topological polar surface area (TPSA) is 63.7 Å². The van der Waals surface area contributed by atoms with Crippen LogP contribution < -0.4 is 5.62 Å². The number of carbonyl (C=O) groups excluding carboxylic acids is 1. The van der Waals surface area contributed by atoms with E-state index in [1.807, 2.05) is 0 Å². The average Bonchev–Trinajstić information content (AvgIpc) is 3.70. The van der Waals surface area contributed by atoms with Crippen molar-refractivity contribution >= 4 is 5.78 Å². The number of nitrogens with zero attached hydrogens (tertiary/aromatic N) is 3. The molecule has 1 aliphatic carbocycles. The molecule has 0 saturated heterocycles. The van der Waals surface area contributed by atoms with Crippen LogP contribution in [0.5, 0.6) is 0 Å². The number of Topliss-reactive ketones (excluding diaryl/α,β-unsaturated/α-hetero) is 1. The van der Waals surface area contributed by atoms with Crippen molar-refractivity contribution < 1.29 is 22.4 Å². The molecule has 4 aromatic rings. The summed E-state index contributed by atoms with van der Waals surface area (Å²) < 4.78 is 58.7. The second kappa shape index (κ2) is 10.3. The number of nitrogens with one attached hydrogen (secondary N) is 1. The Kier molecular flexibility index (Phi) is 7.01. The fourth-order valence-electron chi connectivity index (χ4n) is 5.08. The smallest absolute Gasteiger partial charge is 0.321 e. The van der Waals surface area contributed by atoms with Gasteiger partial charge in [-0.15, -0.1) is 0 Å². The number of imidazole rings is 1. The van der Waals surface area contributed by atoms with Gasteiger partial charge in [-0.1, -0.05) is 18.2 Å². The van der Waals surface area contributed by atoms with Crippen LogP contribution in [0, 0.1) is 24.1 Å². The van der Waals surface area contributed by atoms with Gasteiger partial charge in [0.25, 0.3) is 0 Å². The number of hydrogen-bond acceptors (Lipinski definition) is 3. The molecule has 1 N–H and O–H groups in total. The molecule has 2 aromatic carbocycles. The van der Waals surface area contributed by atoms with E-state index in [1.165, 1.54) is 24.3 Å². The van der Waals surface area contributed by atoms with Crippen LogP contribution in [0.4, 0.5) is 17.6 Å². The minimum Gasteiger partial charge on any atom is -0.321 e. The summed E-state index contributed by atoms with van der Waals surface area (Å²) in [5, 5.41) is 8.24. The molecule has 2 aromatic heterocycles. The van der Waals surface area contributed by atoms with Gasteiger partial charge in [0.15, 0.2) is 11.5 Å². The fraction of sp³-hybridized carbons (Fsp3) is 0.300. The van der Waals surface area contributed by atoms with Crippen molar-refractivity contribution in [2.45, 2.75) is 44.8 Å². The molecule has 0 aliphatic heterocycles. The monoisotopic (exact) mass is 536 g/mol. The Hall–Kier alpha value is -4.01.